The Labute approximate surface area is 830 Å². The number of Topliss-reactive ketones (excluding diaryl/α,β-unsaturated/α-hetero) is 2. The largest absolute Gasteiger partial charge is 0.497 e. The predicted octanol–water partition coefficient (Wildman–Crippen LogP) is 2.64. The van der Waals surface area contributed by atoms with E-state index in [2.05, 4.69) is 52.5 Å². The number of nitrogens with two attached hydrogens (primary N) is 3. The van der Waals surface area contributed by atoms with Crippen molar-refractivity contribution < 1.29 is 106 Å². The number of aliphatic hydroxyl groups is 1. The number of methoxy groups -OCH3 is 1. The summed E-state index contributed by atoms with van der Waals surface area (Å²) in [5.41, 5.74) is 20.8. The van der Waals surface area contributed by atoms with Gasteiger partial charge in [-0.1, -0.05) is 108 Å². The number of carbonyl (C=O) groups excluding carboxylic acids is 16. The molecular weight excluding hydrogens is 1850 g/mol. The molecule has 3 aromatic carbocycles. The molecule has 15 atom stereocenters. The van der Waals surface area contributed by atoms with E-state index >= 15 is 47.9 Å². The van der Waals surface area contributed by atoms with Crippen LogP contribution in [0.25, 0.3) is 21.8 Å². The third-order valence-electron chi connectivity index (χ3n) is 26.5. The number of amides is 14. The van der Waals surface area contributed by atoms with E-state index in [-0.39, 0.29) is 128 Å². The van der Waals surface area contributed by atoms with Gasteiger partial charge in [-0.3, -0.25) is 91.3 Å². The third-order valence-corrected chi connectivity index (χ3v) is 27.6. The van der Waals surface area contributed by atoms with E-state index in [9.17, 15) is 53.7 Å². The summed E-state index contributed by atoms with van der Waals surface area (Å²) in [5, 5.41) is 55.6. The van der Waals surface area contributed by atoms with Crippen LogP contribution in [-0.2, 0) is 112 Å². The molecule has 5 aromatic rings. The number of ketones is 2. The first-order valence-corrected chi connectivity index (χ1v) is 50.1. The maximum Gasteiger partial charge on any atom is 0.323 e. The van der Waals surface area contributed by atoms with E-state index in [0.29, 0.717) is 88.3 Å². The number of rotatable bonds is 33. The smallest absolute Gasteiger partial charge is 0.323 e. The van der Waals surface area contributed by atoms with Crippen LogP contribution in [0.1, 0.15) is 193 Å². The van der Waals surface area contributed by atoms with Crippen molar-refractivity contribution in [2.24, 2.45) is 34.0 Å². The molecule has 6 heterocycles. The molecule has 4 aliphatic heterocycles. The number of benzene rings is 3. The number of carbonyl (C=O) groups is 18. The zero-order valence-corrected chi connectivity index (χ0v) is 83.3. The molecule has 0 saturated carbocycles. The minimum Gasteiger partial charge on any atom is -0.497 e. The molecule has 2 aromatic heterocycles. The van der Waals surface area contributed by atoms with Gasteiger partial charge in [0.25, 0.3) is 0 Å². The summed E-state index contributed by atoms with van der Waals surface area (Å²) in [5.74, 6) is -18.3. The lowest BCUT2D eigenvalue weighted by Crippen LogP contribution is -2.60. The number of nitrogens with zero attached hydrogens (tertiary/aromatic N) is 7. The number of carboxylic acids is 2. The number of carboxylic acid groups (broad SMARTS) is 2. The molecule has 0 bridgehead atoms. The van der Waals surface area contributed by atoms with Crippen molar-refractivity contribution in [3.63, 3.8) is 0 Å². The molecule has 9 rings (SSSR count). The van der Waals surface area contributed by atoms with Crippen molar-refractivity contribution in [3.8, 4) is 5.75 Å². The van der Waals surface area contributed by atoms with E-state index in [1.54, 1.807) is 105 Å². The highest BCUT2D eigenvalue weighted by atomic mass is 32.2. The number of aromatic nitrogens is 2. The number of hydrogen-bond donors (Lipinski definition) is 15. The average Bonchev–Trinajstić information content (AvgIpc) is 1.61. The van der Waals surface area contributed by atoms with Crippen molar-refractivity contribution in [1.29, 1.82) is 0 Å². The Hall–Kier alpha value is -13.0. The van der Waals surface area contributed by atoms with E-state index in [0.717, 1.165) is 26.5 Å². The zero-order chi connectivity index (χ0) is 104. The first-order valence-electron chi connectivity index (χ1n) is 49.0. The normalized spacial score (nSPS) is 24.6. The van der Waals surface area contributed by atoms with Gasteiger partial charge in [0.1, 0.15) is 78.8 Å². The number of H-pyrrole nitrogens is 1. The summed E-state index contributed by atoms with van der Waals surface area (Å²) in [7, 11) is 5.44. The molecule has 42 heteroatoms. The van der Waals surface area contributed by atoms with Crippen LogP contribution in [0.5, 0.6) is 5.75 Å². The topological polar surface area (TPSA) is 601 Å². The van der Waals surface area contributed by atoms with Crippen LogP contribution in [0, 0.1) is 11.8 Å². The van der Waals surface area contributed by atoms with Crippen LogP contribution in [0.15, 0.2) is 102 Å². The van der Waals surface area contributed by atoms with E-state index < -0.39 is 241 Å². The number of likely N-dealkylation sites (N-methyl/N-ethyl adjacent to an activating group) is 3. The number of nitrogens with one attached hydrogen (secondary N) is 9. The van der Waals surface area contributed by atoms with E-state index in [1.807, 2.05) is 13.8 Å². The van der Waals surface area contributed by atoms with Gasteiger partial charge in [0.05, 0.1) is 37.5 Å². The summed E-state index contributed by atoms with van der Waals surface area (Å²) in [6.45, 7) is 7.76. The van der Waals surface area contributed by atoms with Gasteiger partial charge in [0.15, 0.2) is 11.6 Å². The fourth-order valence-electron chi connectivity index (χ4n) is 18.5. The van der Waals surface area contributed by atoms with Crippen molar-refractivity contribution in [1.82, 2.24) is 76.6 Å². The standard InChI is InChI=1S/C100H141N19O22S/c1-10-12-28-79-93(133)109-72(43-58(3)4)91(131)113-77(83(121)36-37-85(103)123)56-142-57-86(124)106-74(44-60-32-34-66(141-9)35-33-60)96(136)114(6)59(5)89(129)111-76(50-87(125)126)99(139)118-42-22-31-80(118)94(134)110-73(45-61-38-41-104-51-61)92(132)107-70(27-19-21-40-102)98(138)119-54-65(120)49-82(119)95(135)108-71(46-63-52-105-69-26-16-14-24-67(63)69)84(122)48-62(23-18-20-39-101)90(130)112-75(97(137)116(8)81(29-13-11-2)100(140)115(79)7)47-64-53-117(55-88(127)128)78-30-17-15-25-68(64)78/h14-17,24-26,30,32-35,41,51-53,58-59,62,65,70-77,79-82,105,120H,10-13,18-23,27-29,31,36-40,42-50,54-57,101-102H2,1-9H3,(H2,103,123)(H,106,124)(H,107,132)(H,108,135)(H,109,133)(H,110,134)(H,111,129)(H,112,130)(H,113,131)(H,125,126)(H,127,128)/t59-,62+,65+,70-,71-,72-,73-,74-,75-,76-,77-,79-,80-,81-,82+/m0/s1. The number of aliphatic hydroxyl groups excluding tert-OH is 1. The molecule has 0 unspecified atom stereocenters. The number of para-hydroxylation sites is 2. The van der Waals surface area contributed by atoms with Gasteiger partial charge in [-0.2, -0.15) is 0 Å². The van der Waals surface area contributed by atoms with Crippen LogP contribution >= 0.6 is 11.8 Å². The number of thioether (sulfide) groups is 1. The number of hydrogen-bond acceptors (Lipinski definition) is 24. The zero-order valence-electron chi connectivity index (χ0n) is 82.5. The van der Waals surface area contributed by atoms with Gasteiger partial charge >= 0.3 is 11.9 Å². The Kier molecular flexibility index (Phi) is 43.5. The van der Waals surface area contributed by atoms with Crippen molar-refractivity contribution in [2.45, 2.75) is 286 Å². The van der Waals surface area contributed by atoms with Crippen LogP contribution in [0.3, 0.4) is 0 Å². The maximum atomic E-state index is 16.2. The van der Waals surface area contributed by atoms with E-state index in [4.69, 9.17) is 21.9 Å². The van der Waals surface area contributed by atoms with Crippen LogP contribution in [0.2, 0.25) is 0 Å². The molecule has 3 saturated heterocycles. The predicted molar refractivity (Wildman–Crippen MR) is 530 cm³/mol. The molecule has 4 aliphatic rings. The lowest BCUT2D eigenvalue weighted by atomic mass is 9.90. The van der Waals surface area contributed by atoms with Gasteiger partial charge in [-0.05, 0) is 143 Å². The van der Waals surface area contributed by atoms with Crippen LogP contribution in [0.4, 0.5) is 0 Å². The summed E-state index contributed by atoms with van der Waals surface area (Å²) in [6.07, 6.45) is 4.14. The number of ether oxygens (including phenoxy) is 1. The molecule has 774 valence electrons. The van der Waals surface area contributed by atoms with E-state index in [1.165, 1.54) is 55.7 Å². The minimum absolute atomic E-state index is 0.00228. The Morgan fingerprint density at radius 3 is 1.82 bits per heavy atom. The molecule has 18 N–H and O–H groups in total. The quantitative estimate of drug-likeness (QED) is 0.0268. The number of fused-ring (bicyclic) bond motifs is 4. The third kappa shape index (κ3) is 31.8. The first-order chi connectivity index (χ1) is 67.8. The second kappa shape index (κ2) is 54.9. The van der Waals surface area contributed by atoms with Crippen molar-refractivity contribution in [3.05, 3.63) is 114 Å². The number of unbranched alkanes of at least 4 members (excludes halogenated alkanes) is 4. The highest BCUT2D eigenvalue weighted by Crippen LogP contribution is 2.31. The van der Waals surface area contributed by atoms with Crippen molar-refractivity contribution >= 4 is 146 Å². The average molecular weight is 1990 g/mol. The van der Waals surface area contributed by atoms with Gasteiger partial charge in [-0.25, -0.2) is 0 Å². The van der Waals surface area contributed by atoms with Gasteiger partial charge < -0.3 is 114 Å². The molecular formula is C100H141N19O22S. The van der Waals surface area contributed by atoms with Crippen LogP contribution < -0.4 is 64.5 Å². The monoisotopic (exact) mass is 1990 g/mol. The summed E-state index contributed by atoms with van der Waals surface area (Å²) in [6, 6.07) is 0.917. The Morgan fingerprint density at radius 1 is 0.570 bits per heavy atom. The summed E-state index contributed by atoms with van der Waals surface area (Å²) < 4.78 is 6.83. The van der Waals surface area contributed by atoms with Gasteiger partial charge in [0.2, 0.25) is 82.7 Å². The Morgan fingerprint density at radius 2 is 1.17 bits per heavy atom. The van der Waals surface area contributed by atoms with Gasteiger partial charge in [-0.15, -0.1) is 11.8 Å². The summed E-state index contributed by atoms with van der Waals surface area (Å²) in [4.78, 5) is 279. The molecule has 0 radical (unpaired) electrons. The minimum atomic E-state index is -1.88. The number of aliphatic imine (C=N–C) groups is 1. The number of primary amides is 1. The molecule has 14 amide bonds. The summed E-state index contributed by atoms with van der Waals surface area (Å²) >= 11 is 0.841. The molecule has 0 spiro atoms. The van der Waals surface area contributed by atoms with Gasteiger partial charge in [0, 0.05) is 144 Å². The maximum absolute atomic E-state index is 16.2. The Balaban J connectivity index is 1.13. The van der Waals surface area contributed by atoms with Crippen molar-refractivity contribution in [2.75, 3.05) is 65.9 Å². The SMILES string of the molecule is CCCC[C@H]1C(=O)N(C)[C@@H](CCCC)C(=O)N[C@@H](CC(C)C)C(=O)N[C@H](C(=O)CCC(N)=O)CSCC(=O)N[C@@H](Cc2ccc(OC)cc2)C(=O)N(C)[C@@H](C)C(=O)N[C@@H](CC(=O)O)C(=O)N2CCC[C@H]2C(=O)N[C@@H](CC2=CN=CC2)C(=O)N[C@@H](CCCCN)C(=O)N2C[C@H](O)C[C@@H]2C(=O)N[C@@H](Cc2c[nH]c3ccccc23)C(=O)C[C@@H](CCCCN)C(=O)N[C@@H](Cc2cn(CC(=O)O)c3ccccc23)C(=O)N1C. The highest BCUT2D eigenvalue weighted by Gasteiger charge is 2.47. The number of aromatic amines is 1. The lowest BCUT2D eigenvalue weighted by Gasteiger charge is -2.36. The lowest BCUT2D eigenvalue weighted by molar-refractivity contribution is -0.149. The first kappa shape index (κ1) is 113. The highest BCUT2D eigenvalue weighted by molar-refractivity contribution is 8.00. The molecule has 41 nitrogen and oxygen atoms in total. The Bertz CT molecular complexity index is 5370. The number of aliphatic carboxylic acids is 2. The fraction of sp³-hybridized carbons (Fsp3) is 0.570. The molecule has 3 fully saturated rings. The second-order valence-electron chi connectivity index (χ2n) is 37.6. The van der Waals surface area contributed by atoms with Crippen LogP contribution in [-0.4, -0.2) is 312 Å². The fourth-order valence-corrected chi connectivity index (χ4v) is 19.4. The molecule has 0 aliphatic carbocycles. The molecule has 142 heavy (non-hydrogen) atoms. The second-order valence-corrected chi connectivity index (χ2v) is 38.7.